The number of aryl methyl sites for hydroxylation is 1. The Kier molecular flexibility index (Phi) is 4.26. The van der Waals surface area contributed by atoms with E-state index in [9.17, 15) is 9.90 Å². The summed E-state index contributed by atoms with van der Waals surface area (Å²) in [5.74, 6) is 0.187. The van der Waals surface area contributed by atoms with Crippen LogP contribution in [0.1, 0.15) is 12.8 Å². The van der Waals surface area contributed by atoms with Crippen molar-refractivity contribution in [2.45, 2.75) is 25.5 Å². The van der Waals surface area contributed by atoms with E-state index < -0.39 is 11.8 Å². The minimum absolute atomic E-state index is 0.0595. The van der Waals surface area contributed by atoms with Crippen molar-refractivity contribution in [2.24, 2.45) is 0 Å². The summed E-state index contributed by atoms with van der Waals surface area (Å²) in [6.45, 7) is 0.309. The zero-order valence-electron chi connectivity index (χ0n) is 8.33. The van der Waals surface area contributed by atoms with E-state index in [1.807, 2.05) is 0 Å². The summed E-state index contributed by atoms with van der Waals surface area (Å²) in [5, 5.41) is 17.9. The lowest BCUT2D eigenvalue weighted by Crippen LogP contribution is -2.25. The number of hydrogen-bond donors (Lipinski definition) is 3. The normalized spacial score (nSPS) is 12.7. The van der Waals surface area contributed by atoms with Gasteiger partial charge in [-0.2, -0.15) is 4.98 Å². The fraction of sp³-hybridized carbons (Fsp3) is 0.556. The summed E-state index contributed by atoms with van der Waals surface area (Å²) in [6, 6.07) is 1.53. The molecule has 0 bridgehead atoms. The van der Waals surface area contributed by atoms with Crippen molar-refractivity contribution < 1.29 is 10.2 Å². The van der Waals surface area contributed by atoms with Gasteiger partial charge in [-0.25, -0.2) is 4.79 Å². The highest BCUT2D eigenvalue weighted by atomic mass is 16.3. The third-order valence-corrected chi connectivity index (χ3v) is 2.06. The summed E-state index contributed by atoms with van der Waals surface area (Å²) in [4.78, 5) is 14.8. The summed E-state index contributed by atoms with van der Waals surface area (Å²) in [6.07, 6.45) is 1.67. The third kappa shape index (κ3) is 3.69. The number of nitrogen functional groups attached to an aromatic ring is 1. The summed E-state index contributed by atoms with van der Waals surface area (Å²) in [5.41, 5.74) is 4.90. The first-order valence-corrected chi connectivity index (χ1v) is 4.75. The second kappa shape index (κ2) is 5.47. The highest BCUT2D eigenvalue weighted by molar-refractivity contribution is 5.23. The van der Waals surface area contributed by atoms with Crippen molar-refractivity contribution in [1.82, 2.24) is 9.55 Å². The molecular formula is C9H15N3O3. The Morgan fingerprint density at radius 3 is 2.87 bits per heavy atom. The van der Waals surface area contributed by atoms with Crippen molar-refractivity contribution in [3.8, 4) is 0 Å². The third-order valence-electron chi connectivity index (χ3n) is 2.06. The number of aromatic nitrogens is 2. The molecule has 0 unspecified atom stereocenters. The van der Waals surface area contributed by atoms with Crippen LogP contribution in [0.25, 0.3) is 0 Å². The van der Waals surface area contributed by atoms with Crippen molar-refractivity contribution in [2.75, 3.05) is 12.3 Å². The molecule has 0 radical (unpaired) electrons. The number of aliphatic hydroxyl groups is 2. The van der Waals surface area contributed by atoms with Crippen LogP contribution < -0.4 is 11.4 Å². The molecule has 0 aliphatic carbocycles. The van der Waals surface area contributed by atoms with Crippen LogP contribution in [-0.2, 0) is 6.54 Å². The SMILES string of the molecule is Nc1ccn(CC[C@H](O)CCO)c(=O)n1. The Bertz CT molecular complexity index is 364. The average molecular weight is 213 g/mol. The van der Waals surface area contributed by atoms with Gasteiger partial charge in [-0.15, -0.1) is 0 Å². The Hall–Kier alpha value is -1.40. The van der Waals surface area contributed by atoms with Gasteiger partial charge in [0.15, 0.2) is 0 Å². The molecule has 1 atom stereocenters. The van der Waals surface area contributed by atoms with Gasteiger partial charge in [0.2, 0.25) is 0 Å². The minimum atomic E-state index is -0.598. The zero-order chi connectivity index (χ0) is 11.3. The molecule has 0 aromatic carbocycles. The van der Waals surface area contributed by atoms with Gasteiger partial charge in [0.05, 0.1) is 6.10 Å². The molecule has 1 heterocycles. The Balaban J connectivity index is 2.54. The molecule has 0 saturated carbocycles. The van der Waals surface area contributed by atoms with Crippen molar-refractivity contribution in [3.05, 3.63) is 22.7 Å². The molecule has 6 nitrogen and oxygen atoms in total. The van der Waals surface area contributed by atoms with E-state index in [4.69, 9.17) is 10.8 Å². The van der Waals surface area contributed by atoms with Crippen molar-refractivity contribution in [3.63, 3.8) is 0 Å². The average Bonchev–Trinajstić information content (AvgIpc) is 2.17. The monoisotopic (exact) mass is 213 g/mol. The molecular weight excluding hydrogens is 198 g/mol. The number of rotatable bonds is 5. The van der Waals surface area contributed by atoms with Crippen LogP contribution in [0.4, 0.5) is 5.82 Å². The second-order valence-electron chi connectivity index (χ2n) is 3.28. The van der Waals surface area contributed by atoms with E-state index in [0.717, 1.165) is 0 Å². The van der Waals surface area contributed by atoms with E-state index in [-0.39, 0.29) is 12.4 Å². The van der Waals surface area contributed by atoms with E-state index in [2.05, 4.69) is 4.98 Å². The smallest absolute Gasteiger partial charge is 0.349 e. The summed E-state index contributed by atoms with van der Waals surface area (Å²) < 4.78 is 1.37. The number of anilines is 1. The maximum Gasteiger partial charge on any atom is 0.349 e. The van der Waals surface area contributed by atoms with Gasteiger partial charge in [-0.05, 0) is 18.9 Å². The molecule has 0 aliphatic heterocycles. The highest BCUT2D eigenvalue weighted by Gasteiger charge is 2.04. The summed E-state index contributed by atoms with van der Waals surface area (Å²) >= 11 is 0. The van der Waals surface area contributed by atoms with Gasteiger partial charge in [0.1, 0.15) is 5.82 Å². The highest BCUT2D eigenvalue weighted by Crippen LogP contribution is 1.99. The van der Waals surface area contributed by atoms with E-state index in [1.165, 1.54) is 16.8 Å². The number of aliphatic hydroxyl groups excluding tert-OH is 2. The molecule has 0 spiro atoms. The quantitative estimate of drug-likeness (QED) is 0.580. The maximum atomic E-state index is 11.3. The molecule has 84 valence electrons. The van der Waals surface area contributed by atoms with Crippen molar-refractivity contribution in [1.29, 1.82) is 0 Å². The van der Waals surface area contributed by atoms with Gasteiger partial charge in [-0.1, -0.05) is 0 Å². The molecule has 1 rings (SSSR count). The summed E-state index contributed by atoms with van der Waals surface area (Å²) in [7, 11) is 0. The molecule has 6 heteroatoms. The number of hydrogen-bond acceptors (Lipinski definition) is 5. The van der Waals surface area contributed by atoms with Gasteiger partial charge >= 0.3 is 5.69 Å². The van der Waals surface area contributed by atoms with E-state index >= 15 is 0 Å². The minimum Gasteiger partial charge on any atom is -0.396 e. The first-order chi connectivity index (χ1) is 7.13. The molecule has 0 saturated heterocycles. The molecule has 0 amide bonds. The van der Waals surface area contributed by atoms with Crippen LogP contribution in [0.3, 0.4) is 0 Å². The van der Waals surface area contributed by atoms with Crippen LogP contribution in [0, 0.1) is 0 Å². The molecule has 1 aromatic heterocycles. The topological polar surface area (TPSA) is 101 Å². The van der Waals surface area contributed by atoms with E-state index in [0.29, 0.717) is 19.4 Å². The molecule has 15 heavy (non-hydrogen) atoms. The number of nitrogens with two attached hydrogens (primary N) is 1. The van der Waals surface area contributed by atoms with Crippen LogP contribution in [0.2, 0.25) is 0 Å². The van der Waals surface area contributed by atoms with Crippen LogP contribution >= 0.6 is 0 Å². The molecule has 4 N–H and O–H groups in total. The Labute approximate surface area is 87.0 Å². The van der Waals surface area contributed by atoms with Gasteiger partial charge < -0.3 is 15.9 Å². The standard InChI is InChI=1S/C9H15N3O3/c10-8-2-5-12(9(15)11-8)4-1-7(14)3-6-13/h2,5,7,13-14H,1,3-4,6H2,(H2,10,11,15)/t7-/m0/s1. The molecule has 1 aromatic rings. The lowest BCUT2D eigenvalue weighted by Gasteiger charge is -2.09. The predicted octanol–water partition coefficient (Wildman–Crippen LogP) is -1.04. The Morgan fingerprint density at radius 1 is 1.53 bits per heavy atom. The first kappa shape index (κ1) is 11.7. The van der Waals surface area contributed by atoms with E-state index in [1.54, 1.807) is 0 Å². The van der Waals surface area contributed by atoms with Crippen LogP contribution in [0.15, 0.2) is 17.1 Å². The van der Waals surface area contributed by atoms with Gasteiger partial charge in [0, 0.05) is 19.3 Å². The van der Waals surface area contributed by atoms with Gasteiger partial charge in [-0.3, -0.25) is 4.57 Å². The lowest BCUT2D eigenvalue weighted by molar-refractivity contribution is 0.120. The van der Waals surface area contributed by atoms with Crippen molar-refractivity contribution >= 4 is 5.82 Å². The fourth-order valence-electron chi connectivity index (χ4n) is 1.19. The molecule has 0 aliphatic rings. The number of nitrogens with zero attached hydrogens (tertiary/aromatic N) is 2. The zero-order valence-corrected chi connectivity index (χ0v) is 8.33. The van der Waals surface area contributed by atoms with Crippen LogP contribution in [0.5, 0.6) is 0 Å². The van der Waals surface area contributed by atoms with Gasteiger partial charge in [0.25, 0.3) is 0 Å². The lowest BCUT2D eigenvalue weighted by atomic mass is 10.2. The first-order valence-electron chi connectivity index (χ1n) is 4.75. The van der Waals surface area contributed by atoms with Crippen LogP contribution in [-0.4, -0.2) is 32.5 Å². The Morgan fingerprint density at radius 2 is 2.27 bits per heavy atom. The maximum absolute atomic E-state index is 11.3. The largest absolute Gasteiger partial charge is 0.396 e. The predicted molar refractivity (Wildman–Crippen MR) is 55.2 cm³/mol. The fourth-order valence-corrected chi connectivity index (χ4v) is 1.19. The second-order valence-corrected chi connectivity index (χ2v) is 3.28. The molecule has 0 fully saturated rings.